The van der Waals surface area contributed by atoms with E-state index in [4.69, 9.17) is 18.9 Å². The third-order valence-electron chi connectivity index (χ3n) is 7.63. The Morgan fingerprint density at radius 3 is 1.91 bits per heavy atom. The van der Waals surface area contributed by atoms with E-state index in [9.17, 15) is 30.0 Å². The molecule has 1 fully saturated rings. The number of carbonyl (C=O) groups is 2. The van der Waals surface area contributed by atoms with Gasteiger partial charge in [0, 0.05) is 12.8 Å². The Kier molecular flexibility index (Phi) is 23.6. The number of ether oxygens (including phenoxy) is 4. The number of aliphatic hydroxyl groups is 4. The molecule has 0 radical (unpaired) electrons. The minimum Gasteiger partial charge on any atom is -0.462 e. The van der Waals surface area contributed by atoms with Crippen LogP contribution in [0.2, 0.25) is 0 Å². The van der Waals surface area contributed by atoms with Crippen molar-refractivity contribution in [3.05, 3.63) is 12.2 Å². The molecule has 0 bridgehead atoms. The maximum Gasteiger partial charge on any atom is 0.306 e. The first-order valence-electron chi connectivity index (χ1n) is 16.8. The summed E-state index contributed by atoms with van der Waals surface area (Å²) in [5.74, 6) is -0.826. The standard InChI is InChI=1S/C33H60O10/c1-3-5-7-9-11-13-14-16-18-20-22-29(36)42-26(24-40-28(35)21-19-17-15-12-10-8-6-4-2)25-41-33-32(39)31(38)30(37)27(23-34)43-33/h7,9,26-27,30-34,37-39H,3-6,8,10-25H2,1-2H3/b9-7-. The SMILES string of the molecule is CCC/C=C\CCCCCCCC(=O)OC(COC(=O)CCCCCCCCCC)COC1OC(CO)C(O)C(O)C1O. The lowest BCUT2D eigenvalue weighted by Gasteiger charge is -2.39. The van der Waals surface area contributed by atoms with Gasteiger partial charge in [0.2, 0.25) is 0 Å². The van der Waals surface area contributed by atoms with E-state index in [1.807, 2.05) is 0 Å². The summed E-state index contributed by atoms with van der Waals surface area (Å²) in [6, 6.07) is 0. The third kappa shape index (κ3) is 18.8. The molecule has 6 atom stereocenters. The van der Waals surface area contributed by atoms with Crippen molar-refractivity contribution in [2.45, 2.75) is 166 Å². The molecule has 0 amide bonds. The third-order valence-corrected chi connectivity index (χ3v) is 7.63. The van der Waals surface area contributed by atoms with Crippen LogP contribution in [0.25, 0.3) is 0 Å². The molecule has 6 unspecified atom stereocenters. The molecule has 10 heteroatoms. The van der Waals surface area contributed by atoms with Gasteiger partial charge >= 0.3 is 11.9 Å². The second-order valence-electron chi connectivity index (χ2n) is 11.6. The van der Waals surface area contributed by atoms with Crippen molar-refractivity contribution in [3.63, 3.8) is 0 Å². The van der Waals surface area contributed by atoms with Crippen LogP contribution >= 0.6 is 0 Å². The van der Waals surface area contributed by atoms with E-state index < -0.39 is 49.4 Å². The van der Waals surface area contributed by atoms with Gasteiger partial charge in [-0.25, -0.2) is 0 Å². The summed E-state index contributed by atoms with van der Waals surface area (Å²) in [5, 5.41) is 39.7. The summed E-state index contributed by atoms with van der Waals surface area (Å²) >= 11 is 0. The summed E-state index contributed by atoms with van der Waals surface area (Å²) in [5.41, 5.74) is 0. The zero-order valence-corrected chi connectivity index (χ0v) is 26.7. The van der Waals surface area contributed by atoms with Crippen molar-refractivity contribution in [1.29, 1.82) is 0 Å². The Morgan fingerprint density at radius 1 is 0.698 bits per heavy atom. The van der Waals surface area contributed by atoms with Gasteiger partial charge in [-0.05, 0) is 32.1 Å². The second-order valence-corrected chi connectivity index (χ2v) is 11.6. The first kappa shape index (κ1) is 39.5. The lowest BCUT2D eigenvalue weighted by molar-refractivity contribution is -0.305. The Labute approximate surface area is 259 Å². The normalized spacial score (nSPS) is 23.0. The molecule has 0 aromatic carbocycles. The average molecular weight is 617 g/mol. The minimum absolute atomic E-state index is 0.218. The molecule has 43 heavy (non-hydrogen) atoms. The van der Waals surface area contributed by atoms with Crippen LogP contribution in [-0.2, 0) is 28.5 Å². The summed E-state index contributed by atoms with van der Waals surface area (Å²) in [4.78, 5) is 24.9. The second kappa shape index (κ2) is 25.7. The molecule has 0 aromatic heterocycles. The molecule has 0 aromatic rings. The number of carbonyl (C=O) groups excluding carboxylic acids is 2. The fraction of sp³-hybridized carbons (Fsp3) is 0.879. The van der Waals surface area contributed by atoms with Crippen molar-refractivity contribution in [2.24, 2.45) is 0 Å². The molecule has 1 rings (SSSR count). The van der Waals surface area contributed by atoms with Crippen LogP contribution in [0.5, 0.6) is 0 Å². The van der Waals surface area contributed by atoms with E-state index in [0.717, 1.165) is 64.2 Å². The largest absolute Gasteiger partial charge is 0.462 e. The number of aliphatic hydroxyl groups excluding tert-OH is 4. The fourth-order valence-corrected chi connectivity index (χ4v) is 4.89. The Hall–Kier alpha value is -1.56. The number of allylic oxidation sites excluding steroid dienone is 2. The summed E-state index contributed by atoms with van der Waals surface area (Å²) in [7, 11) is 0. The van der Waals surface area contributed by atoms with Gasteiger partial charge in [-0.3, -0.25) is 9.59 Å². The molecule has 0 saturated carbocycles. The van der Waals surface area contributed by atoms with Crippen LogP contribution < -0.4 is 0 Å². The van der Waals surface area contributed by atoms with Crippen LogP contribution in [-0.4, -0.2) is 89.0 Å². The summed E-state index contributed by atoms with van der Waals surface area (Å²) in [6.07, 6.45) is 13.9. The van der Waals surface area contributed by atoms with Gasteiger partial charge < -0.3 is 39.4 Å². The van der Waals surface area contributed by atoms with E-state index in [1.165, 1.54) is 32.1 Å². The number of hydrogen-bond donors (Lipinski definition) is 4. The van der Waals surface area contributed by atoms with E-state index in [-0.39, 0.29) is 32.0 Å². The summed E-state index contributed by atoms with van der Waals surface area (Å²) < 4.78 is 21.9. The highest BCUT2D eigenvalue weighted by Gasteiger charge is 2.44. The minimum atomic E-state index is -1.59. The molecular formula is C33H60O10. The number of unbranched alkanes of at least 4 members (excludes halogenated alkanes) is 13. The number of hydrogen-bond acceptors (Lipinski definition) is 10. The smallest absolute Gasteiger partial charge is 0.306 e. The zero-order chi connectivity index (χ0) is 31.7. The average Bonchev–Trinajstić information content (AvgIpc) is 3.00. The highest BCUT2D eigenvalue weighted by atomic mass is 16.7. The van der Waals surface area contributed by atoms with Crippen LogP contribution in [0.4, 0.5) is 0 Å². The van der Waals surface area contributed by atoms with Crippen LogP contribution in [0.1, 0.15) is 129 Å². The van der Waals surface area contributed by atoms with Gasteiger partial charge in [-0.15, -0.1) is 0 Å². The highest BCUT2D eigenvalue weighted by molar-refractivity contribution is 5.70. The van der Waals surface area contributed by atoms with Gasteiger partial charge in [-0.2, -0.15) is 0 Å². The first-order valence-corrected chi connectivity index (χ1v) is 16.8. The van der Waals surface area contributed by atoms with Crippen molar-refractivity contribution in [1.82, 2.24) is 0 Å². The maximum atomic E-state index is 12.6. The van der Waals surface area contributed by atoms with E-state index >= 15 is 0 Å². The molecule has 10 nitrogen and oxygen atoms in total. The fourth-order valence-electron chi connectivity index (χ4n) is 4.89. The quantitative estimate of drug-likeness (QED) is 0.0601. The lowest BCUT2D eigenvalue weighted by atomic mass is 9.99. The van der Waals surface area contributed by atoms with E-state index in [1.54, 1.807) is 0 Å². The van der Waals surface area contributed by atoms with Crippen molar-refractivity contribution in [2.75, 3.05) is 19.8 Å². The van der Waals surface area contributed by atoms with Crippen molar-refractivity contribution >= 4 is 11.9 Å². The zero-order valence-electron chi connectivity index (χ0n) is 26.7. The Bertz CT molecular complexity index is 728. The van der Waals surface area contributed by atoms with Gasteiger partial charge in [0.15, 0.2) is 12.4 Å². The topological polar surface area (TPSA) is 152 Å². The summed E-state index contributed by atoms with van der Waals surface area (Å²) in [6.45, 7) is 3.27. The van der Waals surface area contributed by atoms with E-state index in [2.05, 4.69) is 26.0 Å². The van der Waals surface area contributed by atoms with Crippen LogP contribution in [0.3, 0.4) is 0 Å². The molecule has 4 N–H and O–H groups in total. The molecular weight excluding hydrogens is 556 g/mol. The van der Waals surface area contributed by atoms with Crippen LogP contribution in [0.15, 0.2) is 12.2 Å². The van der Waals surface area contributed by atoms with Gasteiger partial charge in [0.05, 0.1) is 13.2 Å². The molecule has 0 aliphatic carbocycles. The van der Waals surface area contributed by atoms with E-state index in [0.29, 0.717) is 6.42 Å². The Balaban J connectivity index is 2.48. The van der Waals surface area contributed by atoms with Gasteiger partial charge in [0.25, 0.3) is 0 Å². The Morgan fingerprint density at radius 2 is 1.28 bits per heavy atom. The predicted octanol–water partition coefficient (Wildman–Crippen LogP) is 4.88. The van der Waals surface area contributed by atoms with Gasteiger partial charge in [0.1, 0.15) is 31.0 Å². The monoisotopic (exact) mass is 616 g/mol. The van der Waals surface area contributed by atoms with Crippen LogP contribution in [0, 0.1) is 0 Å². The number of esters is 2. The predicted molar refractivity (Wildman–Crippen MR) is 164 cm³/mol. The van der Waals surface area contributed by atoms with Gasteiger partial charge in [-0.1, -0.05) is 96.6 Å². The molecule has 252 valence electrons. The maximum absolute atomic E-state index is 12.6. The molecule has 1 aliphatic rings. The number of rotatable bonds is 26. The van der Waals surface area contributed by atoms with Crippen molar-refractivity contribution in [3.8, 4) is 0 Å². The highest BCUT2D eigenvalue weighted by Crippen LogP contribution is 2.22. The molecule has 1 heterocycles. The first-order chi connectivity index (χ1) is 20.8. The lowest BCUT2D eigenvalue weighted by Crippen LogP contribution is -2.59. The molecule has 0 spiro atoms. The molecule has 1 saturated heterocycles. The molecule has 1 aliphatic heterocycles. The van der Waals surface area contributed by atoms with Crippen molar-refractivity contribution < 1.29 is 49.0 Å².